The van der Waals surface area contributed by atoms with Gasteiger partial charge in [0.25, 0.3) is 0 Å². The van der Waals surface area contributed by atoms with Crippen molar-refractivity contribution in [3.63, 3.8) is 0 Å². The van der Waals surface area contributed by atoms with Gasteiger partial charge in [-0.05, 0) is 61.5 Å². The van der Waals surface area contributed by atoms with Crippen molar-refractivity contribution in [3.8, 4) is 0 Å². The molecule has 2 unspecified atom stereocenters. The van der Waals surface area contributed by atoms with Gasteiger partial charge in [0.2, 0.25) is 0 Å². The Bertz CT molecular complexity index is 861. The van der Waals surface area contributed by atoms with Crippen LogP contribution in [0, 0.1) is 28.6 Å². The lowest BCUT2D eigenvalue weighted by molar-refractivity contribution is -0.318. The van der Waals surface area contributed by atoms with Crippen LogP contribution in [0.4, 0.5) is 0 Å². The molecule has 3 fully saturated rings. The Morgan fingerprint density at radius 1 is 1.25 bits per heavy atom. The first-order valence-electron chi connectivity index (χ1n) is 11.0. The van der Waals surface area contributed by atoms with Gasteiger partial charge < -0.3 is 14.9 Å². The minimum Gasteiger partial charge on any atom is -0.466 e. The molecular formula is C23H31NO4. The topological polar surface area (TPSA) is 70.0 Å². The molecule has 2 aliphatic heterocycles. The number of carbonyl (C=O) groups excluding carboxylic acids is 1. The number of piperidine rings is 1. The maximum atomic E-state index is 12.8. The van der Waals surface area contributed by atoms with E-state index in [2.05, 4.69) is 18.7 Å². The Morgan fingerprint density at radius 3 is 2.79 bits per heavy atom. The fourth-order valence-corrected chi connectivity index (χ4v) is 8.83. The van der Waals surface area contributed by atoms with Crippen LogP contribution in [-0.4, -0.2) is 53.1 Å². The van der Waals surface area contributed by atoms with Crippen molar-refractivity contribution in [1.82, 2.24) is 4.90 Å². The van der Waals surface area contributed by atoms with Gasteiger partial charge in [-0.25, -0.2) is 4.79 Å². The highest BCUT2D eigenvalue weighted by molar-refractivity contribution is 5.93. The fourth-order valence-electron chi connectivity index (χ4n) is 8.83. The largest absolute Gasteiger partial charge is 0.466 e. The molecule has 152 valence electrons. The molecule has 6 aliphatic rings. The predicted molar refractivity (Wildman–Crippen MR) is 103 cm³/mol. The number of hydrogen-bond donors (Lipinski definition) is 2. The Hall–Kier alpha value is -1.17. The van der Waals surface area contributed by atoms with Gasteiger partial charge in [0.05, 0.1) is 18.6 Å². The smallest absolute Gasteiger partial charge is 0.334 e. The molecule has 28 heavy (non-hydrogen) atoms. The molecule has 0 aromatic carbocycles. The van der Waals surface area contributed by atoms with E-state index in [1.165, 1.54) is 18.3 Å². The van der Waals surface area contributed by atoms with Crippen LogP contribution in [0.3, 0.4) is 0 Å². The number of allylic oxidation sites excluding steroid dienone is 2. The van der Waals surface area contributed by atoms with Crippen LogP contribution in [-0.2, 0) is 9.53 Å². The van der Waals surface area contributed by atoms with Crippen molar-refractivity contribution in [3.05, 3.63) is 22.3 Å². The predicted octanol–water partition coefficient (Wildman–Crippen LogP) is 2.39. The van der Waals surface area contributed by atoms with Gasteiger partial charge in [-0.3, -0.25) is 4.90 Å². The molecule has 6 rings (SSSR count). The molecule has 4 aliphatic carbocycles. The minimum atomic E-state index is -0.979. The number of aliphatic hydroxyl groups excluding tert-OH is 1. The first-order valence-corrected chi connectivity index (χ1v) is 11.0. The normalized spacial score (nSPS) is 51.5. The summed E-state index contributed by atoms with van der Waals surface area (Å²) in [7, 11) is 1.46. The molecule has 7 atom stereocenters. The molecule has 5 heteroatoms. The number of hydrogen-bond acceptors (Lipinski definition) is 5. The number of rotatable bonds is 1. The zero-order chi connectivity index (χ0) is 19.6. The van der Waals surface area contributed by atoms with E-state index in [9.17, 15) is 15.0 Å². The number of aliphatic hydroxyl groups is 2. The van der Waals surface area contributed by atoms with E-state index in [0.29, 0.717) is 24.7 Å². The molecule has 5 nitrogen and oxygen atoms in total. The summed E-state index contributed by atoms with van der Waals surface area (Å²) in [5.74, 6) is 0.471. The summed E-state index contributed by atoms with van der Waals surface area (Å²) in [5, 5.41) is 24.2. The number of methoxy groups -OCH3 is 1. The second kappa shape index (κ2) is 5.11. The molecule has 2 saturated heterocycles. The first kappa shape index (κ1) is 17.7. The molecule has 0 aromatic rings. The summed E-state index contributed by atoms with van der Waals surface area (Å²) in [6.45, 7) is 6.19. The zero-order valence-electron chi connectivity index (χ0n) is 17.1. The van der Waals surface area contributed by atoms with Crippen LogP contribution in [0.2, 0.25) is 0 Å². The van der Waals surface area contributed by atoms with Gasteiger partial charge in [-0.1, -0.05) is 19.4 Å². The van der Waals surface area contributed by atoms with Crippen molar-refractivity contribution in [2.75, 3.05) is 20.2 Å². The molecule has 0 radical (unpaired) electrons. The Labute approximate surface area is 166 Å². The first-order chi connectivity index (χ1) is 13.3. The monoisotopic (exact) mass is 385 g/mol. The summed E-state index contributed by atoms with van der Waals surface area (Å²) in [6.07, 6.45) is 4.71. The maximum absolute atomic E-state index is 12.8. The van der Waals surface area contributed by atoms with Crippen molar-refractivity contribution in [1.29, 1.82) is 0 Å². The SMILES string of the molecule is COC(=O)C1=C2CCC3=C2[C@]2(C1)[C@@]1(C)C(O)C[C@@H]4C(C)CN(C[C@H]1CC3)[C@@]42O. The molecule has 1 spiro atoms. The van der Waals surface area contributed by atoms with Crippen molar-refractivity contribution in [2.24, 2.45) is 28.6 Å². The van der Waals surface area contributed by atoms with Gasteiger partial charge in [-0.15, -0.1) is 0 Å². The highest BCUT2D eigenvalue weighted by atomic mass is 16.5. The van der Waals surface area contributed by atoms with Crippen LogP contribution >= 0.6 is 0 Å². The van der Waals surface area contributed by atoms with Gasteiger partial charge in [0.1, 0.15) is 5.72 Å². The third kappa shape index (κ3) is 1.54. The quantitative estimate of drug-likeness (QED) is 0.679. The summed E-state index contributed by atoms with van der Waals surface area (Å²) in [4.78, 5) is 15.1. The van der Waals surface area contributed by atoms with E-state index in [1.807, 2.05) is 0 Å². The fraction of sp³-hybridized carbons (Fsp3) is 0.783. The summed E-state index contributed by atoms with van der Waals surface area (Å²) < 4.78 is 5.18. The summed E-state index contributed by atoms with van der Waals surface area (Å²) >= 11 is 0. The van der Waals surface area contributed by atoms with Crippen LogP contribution in [0.1, 0.15) is 52.4 Å². The lowest BCUT2D eigenvalue weighted by Gasteiger charge is -2.70. The molecule has 2 N–H and O–H groups in total. The van der Waals surface area contributed by atoms with Gasteiger partial charge in [0.15, 0.2) is 0 Å². The van der Waals surface area contributed by atoms with Crippen LogP contribution in [0.15, 0.2) is 22.3 Å². The lowest BCUT2D eigenvalue weighted by Crippen LogP contribution is -2.77. The summed E-state index contributed by atoms with van der Waals surface area (Å²) in [6, 6.07) is 0. The van der Waals surface area contributed by atoms with E-state index in [4.69, 9.17) is 4.74 Å². The van der Waals surface area contributed by atoms with Gasteiger partial charge in [-0.2, -0.15) is 0 Å². The highest BCUT2D eigenvalue weighted by Crippen LogP contribution is 2.78. The Balaban J connectivity index is 1.69. The minimum absolute atomic E-state index is 0.0437. The third-order valence-electron chi connectivity index (χ3n) is 9.99. The molecule has 0 amide bonds. The lowest BCUT2D eigenvalue weighted by atomic mass is 9.41. The number of esters is 1. The second-order valence-electron chi connectivity index (χ2n) is 10.5. The molecule has 0 aromatic heterocycles. The standard InChI is InChI=1S/C23H31NO4/c1-12-10-24-11-14-6-4-13-5-7-15-16(20(26)28-3)9-22(19(13)15)21(14,2)18(25)8-17(12)23(22,24)27/h12,14,17-18,25,27H,4-11H2,1-3H3/t12?,14-,17-,18?,21-,22-,23-/m1/s1. The Kier molecular flexibility index (Phi) is 3.22. The van der Waals surface area contributed by atoms with E-state index >= 15 is 0 Å². The van der Waals surface area contributed by atoms with Crippen LogP contribution in [0.5, 0.6) is 0 Å². The van der Waals surface area contributed by atoms with Crippen LogP contribution < -0.4 is 0 Å². The molecule has 2 heterocycles. The maximum Gasteiger partial charge on any atom is 0.334 e. The van der Waals surface area contributed by atoms with Crippen molar-refractivity contribution < 1.29 is 19.7 Å². The van der Waals surface area contributed by atoms with E-state index in [-0.39, 0.29) is 11.9 Å². The average molecular weight is 386 g/mol. The molecule has 1 saturated carbocycles. The zero-order valence-corrected chi connectivity index (χ0v) is 17.1. The van der Waals surface area contributed by atoms with Crippen molar-refractivity contribution >= 4 is 5.97 Å². The summed E-state index contributed by atoms with van der Waals surface area (Å²) in [5.41, 5.74) is 2.61. The second-order valence-corrected chi connectivity index (χ2v) is 10.5. The molecule has 4 bridgehead atoms. The van der Waals surface area contributed by atoms with Gasteiger partial charge >= 0.3 is 5.97 Å². The van der Waals surface area contributed by atoms with E-state index in [1.54, 1.807) is 0 Å². The number of nitrogens with zero attached hydrogens (tertiary/aromatic N) is 1. The Morgan fingerprint density at radius 2 is 2.04 bits per heavy atom. The average Bonchev–Trinajstić information content (AvgIpc) is 3.29. The van der Waals surface area contributed by atoms with Crippen LogP contribution in [0.25, 0.3) is 0 Å². The highest BCUT2D eigenvalue weighted by Gasteiger charge is 2.81. The van der Waals surface area contributed by atoms with E-state index < -0.39 is 22.7 Å². The van der Waals surface area contributed by atoms with Crippen molar-refractivity contribution in [2.45, 2.75) is 64.2 Å². The van der Waals surface area contributed by atoms with Gasteiger partial charge in [0, 0.05) is 30.0 Å². The number of carbonyl (C=O) groups is 1. The third-order valence-corrected chi connectivity index (χ3v) is 9.99. The number of ether oxygens (including phenoxy) is 1. The van der Waals surface area contributed by atoms with E-state index in [0.717, 1.165) is 49.9 Å². The molecular weight excluding hydrogens is 354 g/mol.